The first-order valence-corrected chi connectivity index (χ1v) is 10.2. The third-order valence-corrected chi connectivity index (χ3v) is 6.76. The molecule has 136 valence electrons. The van der Waals surface area contributed by atoms with Crippen LogP contribution in [0.1, 0.15) is 11.3 Å². The molecule has 0 saturated carbocycles. The summed E-state index contributed by atoms with van der Waals surface area (Å²) in [5.74, 6) is 1.92. The van der Waals surface area contributed by atoms with Crippen molar-refractivity contribution in [3.8, 4) is 6.07 Å². The van der Waals surface area contributed by atoms with Crippen LogP contribution < -0.4 is 4.90 Å². The van der Waals surface area contributed by atoms with Gasteiger partial charge < -0.3 is 9.80 Å². The Labute approximate surface area is 156 Å². The van der Waals surface area contributed by atoms with Crippen LogP contribution >= 0.6 is 0 Å². The summed E-state index contributed by atoms with van der Waals surface area (Å²) in [7, 11) is -3.59. The molecule has 0 N–H and O–H groups in total. The van der Waals surface area contributed by atoms with Crippen LogP contribution in [-0.4, -0.2) is 55.3 Å². The van der Waals surface area contributed by atoms with Gasteiger partial charge in [-0.15, -0.1) is 4.40 Å². The molecule has 8 nitrogen and oxygen atoms in total. The molecule has 5 rings (SSSR count). The lowest BCUT2D eigenvalue weighted by atomic mass is 10.0. The number of sulfonamides is 1. The quantitative estimate of drug-likeness (QED) is 0.723. The van der Waals surface area contributed by atoms with E-state index in [0.29, 0.717) is 39.8 Å². The van der Waals surface area contributed by atoms with Gasteiger partial charge in [-0.25, -0.2) is 9.97 Å². The summed E-state index contributed by atoms with van der Waals surface area (Å²) in [5.41, 5.74) is 1.06. The molecule has 1 aromatic heterocycles. The van der Waals surface area contributed by atoms with Gasteiger partial charge in [0.15, 0.2) is 5.84 Å². The Morgan fingerprint density at radius 2 is 1.74 bits per heavy atom. The maximum atomic E-state index is 12.3. The van der Waals surface area contributed by atoms with Gasteiger partial charge in [-0.2, -0.15) is 13.7 Å². The highest BCUT2D eigenvalue weighted by atomic mass is 32.2. The lowest BCUT2D eigenvalue weighted by Crippen LogP contribution is -2.33. The van der Waals surface area contributed by atoms with E-state index in [1.807, 2.05) is 18.2 Å². The van der Waals surface area contributed by atoms with Gasteiger partial charge in [0.2, 0.25) is 5.95 Å². The topological polar surface area (TPSA) is 103 Å². The lowest BCUT2D eigenvalue weighted by molar-refractivity contribution is 0.477. The van der Waals surface area contributed by atoms with E-state index in [9.17, 15) is 8.42 Å². The van der Waals surface area contributed by atoms with E-state index >= 15 is 0 Å². The number of likely N-dealkylation sites (tertiary alicyclic amines) is 1. The molecular weight excluding hydrogens is 364 g/mol. The normalized spacial score (nSPS) is 25.1. The van der Waals surface area contributed by atoms with Gasteiger partial charge in [0.05, 0.1) is 0 Å². The summed E-state index contributed by atoms with van der Waals surface area (Å²) in [6, 6.07) is 10.6. The van der Waals surface area contributed by atoms with Crippen molar-refractivity contribution in [3.05, 3.63) is 47.8 Å². The van der Waals surface area contributed by atoms with Crippen LogP contribution in [0, 0.1) is 23.2 Å². The second kappa shape index (κ2) is 5.76. The molecule has 2 aromatic rings. The molecule has 2 atom stereocenters. The van der Waals surface area contributed by atoms with E-state index in [4.69, 9.17) is 5.26 Å². The maximum Gasteiger partial charge on any atom is 0.285 e. The molecule has 0 radical (unpaired) electrons. The monoisotopic (exact) mass is 380 g/mol. The Morgan fingerprint density at radius 3 is 2.48 bits per heavy atom. The first-order valence-electron chi connectivity index (χ1n) is 8.72. The van der Waals surface area contributed by atoms with Crippen LogP contribution in [0.5, 0.6) is 0 Å². The molecular formula is C18H16N6O2S. The summed E-state index contributed by atoms with van der Waals surface area (Å²) in [6.45, 7) is 3.08. The Bertz CT molecular complexity index is 1090. The minimum absolute atomic E-state index is 0.292. The van der Waals surface area contributed by atoms with Crippen LogP contribution in [0.4, 0.5) is 5.95 Å². The van der Waals surface area contributed by atoms with Crippen molar-refractivity contribution in [2.24, 2.45) is 16.2 Å². The van der Waals surface area contributed by atoms with Crippen LogP contribution in [0.25, 0.3) is 0 Å². The van der Waals surface area contributed by atoms with Crippen LogP contribution in [-0.2, 0) is 10.0 Å². The summed E-state index contributed by atoms with van der Waals surface area (Å²) in [5, 5.41) is 9.02. The van der Waals surface area contributed by atoms with Gasteiger partial charge in [-0.05, 0) is 18.2 Å². The highest BCUT2D eigenvalue weighted by Crippen LogP contribution is 2.36. The summed E-state index contributed by atoms with van der Waals surface area (Å²) >= 11 is 0. The minimum Gasteiger partial charge on any atom is -0.355 e. The molecule has 2 fully saturated rings. The number of fused-ring (bicyclic) bond motifs is 2. The van der Waals surface area contributed by atoms with E-state index in [2.05, 4.69) is 24.2 Å². The number of hydrogen-bond donors (Lipinski definition) is 0. The second-order valence-corrected chi connectivity index (χ2v) is 8.64. The average molecular weight is 380 g/mol. The highest BCUT2D eigenvalue weighted by Gasteiger charge is 2.44. The molecule has 0 amide bonds. The highest BCUT2D eigenvalue weighted by molar-refractivity contribution is 7.90. The molecule has 3 aliphatic heterocycles. The van der Waals surface area contributed by atoms with Crippen molar-refractivity contribution >= 4 is 21.8 Å². The SMILES string of the molecule is N#Cc1ccnc(N2CC3CN(C4=NS(=O)(=O)c5ccccc54)CC3C2)n1. The largest absolute Gasteiger partial charge is 0.355 e. The van der Waals surface area contributed by atoms with Gasteiger partial charge >= 0.3 is 0 Å². The molecule has 3 aliphatic rings. The second-order valence-electron chi connectivity index (χ2n) is 7.07. The molecule has 4 heterocycles. The van der Waals surface area contributed by atoms with Crippen LogP contribution in [0.15, 0.2) is 45.8 Å². The van der Waals surface area contributed by atoms with Crippen molar-refractivity contribution in [1.29, 1.82) is 5.26 Å². The van der Waals surface area contributed by atoms with Gasteiger partial charge in [0, 0.05) is 49.8 Å². The zero-order chi connectivity index (χ0) is 18.6. The fraction of sp³-hybridized carbons (Fsp3) is 0.333. The Hall–Kier alpha value is -2.99. The van der Waals surface area contributed by atoms with Crippen molar-refractivity contribution in [2.75, 3.05) is 31.1 Å². The molecule has 0 bridgehead atoms. The molecule has 9 heteroatoms. The van der Waals surface area contributed by atoms with E-state index in [0.717, 1.165) is 26.2 Å². The number of benzene rings is 1. The van der Waals surface area contributed by atoms with E-state index in [1.165, 1.54) is 0 Å². The minimum atomic E-state index is -3.59. The van der Waals surface area contributed by atoms with Gasteiger partial charge in [0.1, 0.15) is 16.7 Å². The van der Waals surface area contributed by atoms with Crippen molar-refractivity contribution in [3.63, 3.8) is 0 Å². The van der Waals surface area contributed by atoms with E-state index < -0.39 is 10.0 Å². The third-order valence-electron chi connectivity index (χ3n) is 5.44. The predicted octanol–water partition coefficient (Wildman–Crippen LogP) is 0.865. The third kappa shape index (κ3) is 2.56. The first kappa shape index (κ1) is 16.2. The van der Waals surface area contributed by atoms with Crippen molar-refractivity contribution in [1.82, 2.24) is 14.9 Å². The number of anilines is 1. The zero-order valence-corrected chi connectivity index (χ0v) is 15.2. The Balaban J connectivity index is 1.36. The smallest absolute Gasteiger partial charge is 0.285 e. The molecule has 0 spiro atoms. The Kier molecular flexibility index (Phi) is 3.45. The number of nitrogens with zero attached hydrogens (tertiary/aromatic N) is 6. The molecule has 0 aliphatic carbocycles. The zero-order valence-electron chi connectivity index (χ0n) is 14.4. The molecule has 2 unspecified atom stereocenters. The number of nitriles is 1. The summed E-state index contributed by atoms with van der Waals surface area (Å²) in [4.78, 5) is 13.1. The lowest BCUT2D eigenvalue weighted by Gasteiger charge is -2.23. The van der Waals surface area contributed by atoms with Gasteiger partial charge in [0.25, 0.3) is 10.0 Å². The van der Waals surface area contributed by atoms with Crippen LogP contribution in [0.3, 0.4) is 0 Å². The van der Waals surface area contributed by atoms with Crippen LogP contribution in [0.2, 0.25) is 0 Å². The number of aromatic nitrogens is 2. The predicted molar refractivity (Wildman–Crippen MR) is 97.7 cm³/mol. The standard InChI is InChI=1S/C18H16N6O2S/c19-7-14-5-6-20-18(21-14)24-10-12-8-23(9-13(12)11-24)17-15-3-1-2-4-16(15)27(25,26)22-17/h1-6,12-13H,8-11H2. The number of rotatable bonds is 1. The Morgan fingerprint density at radius 1 is 1.04 bits per heavy atom. The summed E-state index contributed by atoms with van der Waals surface area (Å²) < 4.78 is 28.6. The van der Waals surface area contributed by atoms with E-state index in [1.54, 1.807) is 24.4 Å². The maximum absolute atomic E-state index is 12.3. The molecule has 2 saturated heterocycles. The fourth-order valence-electron chi connectivity index (χ4n) is 4.21. The fourth-order valence-corrected chi connectivity index (χ4v) is 5.44. The summed E-state index contributed by atoms with van der Waals surface area (Å²) in [6.07, 6.45) is 1.61. The van der Waals surface area contributed by atoms with Gasteiger partial charge in [-0.3, -0.25) is 0 Å². The number of hydrogen-bond acceptors (Lipinski definition) is 7. The first-order chi connectivity index (χ1) is 13.0. The molecule has 1 aromatic carbocycles. The van der Waals surface area contributed by atoms with Crippen molar-refractivity contribution < 1.29 is 8.42 Å². The van der Waals surface area contributed by atoms with Gasteiger partial charge in [-0.1, -0.05) is 12.1 Å². The van der Waals surface area contributed by atoms with Crippen molar-refractivity contribution in [2.45, 2.75) is 4.90 Å². The number of amidine groups is 1. The molecule has 27 heavy (non-hydrogen) atoms. The van der Waals surface area contributed by atoms with E-state index in [-0.39, 0.29) is 0 Å². The average Bonchev–Trinajstić information content (AvgIpc) is 3.32.